The van der Waals surface area contributed by atoms with Crippen molar-refractivity contribution in [2.75, 3.05) is 0 Å². The number of aryl methyl sites for hydroxylation is 2. The Morgan fingerprint density at radius 1 is 1.21 bits per heavy atom. The van der Waals surface area contributed by atoms with E-state index in [-0.39, 0.29) is 0 Å². The Hall–Kier alpha value is -1.46. The zero-order valence-electron chi connectivity index (χ0n) is 11.3. The number of pyridine rings is 1. The second kappa shape index (κ2) is 6.12. The molecule has 0 spiro atoms. The van der Waals surface area contributed by atoms with E-state index >= 15 is 0 Å². The second-order valence-corrected chi connectivity index (χ2v) is 5.42. The van der Waals surface area contributed by atoms with E-state index in [1.807, 2.05) is 39.0 Å². The Bertz CT molecular complexity index is 537. The predicted octanol–water partition coefficient (Wildman–Crippen LogP) is 3.08. The van der Waals surface area contributed by atoms with Crippen LogP contribution in [-0.2, 0) is 0 Å². The molecule has 19 heavy (non-hydrogen) atoms. The highest BCUT2D eigenvalue weighted by Gasteiger charge is 2.07. The second-order valence-electron chi connectivity index (χ2n) is 4.38. The van der Waals surface area contributed by atoms with Crippen LogP contribution in [0.3, 0.4) is 0 Å². The average molecular weight is 275 g/mol. The van der Waals surface area contributed by atoms with E-state index in [0.29, 0.717) is 12.1 Å². The van der Waals surface area contributed by atoms with E-state index in [0.717, 1.165) is 21.4 Å². The summed E-state index contributed by atoms with van der Waals surface area (Å²) >= 11 is 1.48. The first-order valence-electron chi connectivity index (χ1n) is 6.22. The van der Waals surface area contributed by atoms with Crippen LogP contribution in [-0.4, -0.2) is 20.1 Å². The van der Waals surface area contributed by atoms with Gasteiger partial charge >= 0.3 is 0 Å². The van der Waals surface area contributed by atoms with Crippen LogP contribution >= 0.6 is 11.8 Å². The van der Waals surface area contributed by atoms with Crippen LogP contribution in [0.15, 0.2) is 34.4 Å². The summed E-state index contributed by atoms with van der Waals surface area (Å²) in [5, 5.41) is 10.4. The van der Waals surface area contributed by atoms with Gasteiger partial charge in [0.25, 0.3) is 0 Å². The maximum atomic E-state index is 9.69. The first-order valence-corrected chi connectivity index (χ1v) is 7.04. The van der Waals surface area contributed by atoms with Crippen molar-refractivity contribution in [2.45, 2.75) is 43.3 Å². The largest absolute Gasteiger partial charge is 0.387 e. The van der Waals surface area contributed by atoms with Gasteiger partial charge in [0, 0.05) is 22.5 Å². The van der Waals surface area contributed by atoms with Crippen molar-refractivity contribution < 1.29 is 5.11 Å². The minimum atomic E-state index is -0.489. The summed E-state index contributed by atoms with van der Waals surface area (Å²) in [5.41, 5.74) is 2.62. The molecule has 0 aliphatic heterocycles. The van der Waals surface area contributed by atoms with Crippen molar-refractivity contribution in [1.29, 1.82) is 0 Å². The molecule has 2 rings (SSSR count). The number of rotatable bonds is 4. The quantitative estimate of drug-likeness (QED) is 0.869. The molecule has 0 aromatic carbocycles. The average Bonchev–Trinajstić information content (AvgIpc) is 2.37. The van der Waals surface area contributed by atoms with Gasteiger partial charge in [0.05, 0.1) is 11.8 Å². The predicted molar refractivity (Wildman–Crippen MR) is 75.1 cm³/mol. The van der Waals surface area contributed by atoms with Gasteiger partial charge in [-0.1, -0.05) is 6.92 Å². The van der Waals surface area contributed by atoms with Gasteiger partial charge in [-0.3, -0.25) is 4.98 Å². The van der Waals surface area contributed by atoms with Gasteiger partial charge in [0.1, 0.15) is 0 Å². The minimum absolute atomic E-state index is 0.489. The van der Waals surface area contributed by atoms with Gasteiger partial charge in [-0.25, -0.2) is 9.97 Å². The lowest BCUT2D eigenvalue weighted by Gasteiger charge is -2.07. The maximum absolute atomic E-state index is 9.69. The fraction of sp³-hybridized carbons (Fsp3) is 0.357. The topological polar surface area (TPSA) is 58.9 Å². The molecule has 0 radical (unpaired) electrons. The van der Waals surface area contributed by atoms with E-state index in [1.54, 1.807) is 6.20 Å². The molecule has 2 aromatic heterocycles. The number of aliphatic hydroxyl groups excluding tert-OH is 1. The fourth-order valence-electron chi connectivity index (χ4n) is 1.70. The van der Waals surface area contributed by atoms with Gasteiger partial charge in [-0.05, 0) is 50.2 Å². The zero-order valence-corrected chi connectivity index (χ0v) is 12.1. The highest BCUT2D eigenvalue weighted by Crippen LogP contribution is 2.25. The molecule has 1 atom stereocenters. The Morgan fingerprint density at radius 2 is 1.89 bits per heavy atom. The smallest absolute Gasteiger partial charge is 0.192 e. The van der Waals surface area contributed by atoms with E-state index in [2.05, 4.69) is 15.0 Å². The first kappa shape index (κ1) is 14.0. The lowest BCUT2D eigenvalue weighted by Crippen LogP contribution is -1.98. The summed E-state index contributed by atoms with van der Waals surface area (Å²) < 4.78 is 0. The van der Waals surface area contributed by atoms with Crippen molar-refractivity contribution in [3.8, 4) is 0 Å². The third-order valence-electron chi connectivity index (χ3n) is 2.66. The summed E-state index contributed by atoms with van der Waals surface area (Å²) in [6, 6.07) is 5.73. The Kier molecular flexibility index (Phi) is 4.50. The van der Waals surface area contributed by atoms with Gasteiger partial charge in [0.15, 0.2) is 5.16 Å². The van der Waals surface area contributed by atoms with Gasteiger partial charge in [-0.2, -0.15) is 0 Å². The van der Waals surface area contributed by atoms with Crippen LogP contribution in [0.5, 0.6) is 0 Å². The maximum Gasteiger partial charge on any atom is 0.192 e. The van der Waals surface area contributed by atoms with Crippen LogP contribution in [0, 0.1) is 13.8 Å². The van der Waals surface area contributed by atoms with Crippen molar-refractivity contribution in [2.24, 2.45) is 0 Å². The van der Waals surface area contributed by atoms with Crippen LogP contribution in [0.2, 0.25) is 0 Å². The van der Waals surface area contributed by atoms with E-state index in [4.69, 9.17) is 0 Å². The number of hydrogen-bond donors (Lipinski definition) is 1. The lowest BCUT2D eigenvalue weighted by molar-refractivity contribution is 0.169. The summed E-state index contributed by atoms with van der Waals surface area (Å²) in [4.78, 5) is 14.0. The standard InChI is InChI=1S/C14H17N3OS/c1-4-13(18)12-6-5-11(8-15-12)19-14-16-9(2)7-10(3)17-14/h5-8,13,18H,4H2,1-3H3/t13-/m0/s1. The molecule has 0 amide bonds. The highest BCUT2D eigenvalue weighted by atomic mass is 32.2. The number of aromatic nitrogens is 3. The molecule has 0 aliphatic rings. The lowest BCUT2D eigenvalue weighted by atomic mass is 10.2. The molecule has 5 heteroatoms. The third-order valence-corrected chi connectivity index (χ3v) is 3.50. The molecule has 0 bridgehead atoms. The van der Waals surface area contributed by atoms with Crippen LogP contribution in [0.25, 0.3) is 0 Å². The first-order chi connectivity index (χ1) is 9.08. The highest BCUT2D eigenvalue weighted by molar-refractivity contribution is 7.99. The van der Waals surface area contributed by atoms with Crippen molar-refractivity contribution in [3.05, 3.63) is 41.5 Å². The Morgan fingerprint density at radius 3 is 2.42 bits per heavy atom. The molecule has 2 aromatic rings. The zero-order chi connectivity index (χ0) is 13.8. The molecule has 100 valence electrons. The summed E-state index contributed by atoms with van der Waals surface area (Å²) in [6.07, 6.45) is 1.93. The van der Waals surface area contributed by atoms with Crippen molar-refractivity contribution in [1.82, 2.24) is 15.0 Å². The number of nitrogens with zero attached hydrogens (tertiary/aromatic N) is 3. The molecule has 0 aliphatic carbocycles. The Labute approximate surface area is 117 Å². The molecule has 1 N–H and O–H groups in total. The monoisotopic (exact) mass is 275 g/mol. The molecule has 2 heterocycles. The van der Waals surface area contributed by atoms with E-state index < -0.39 is 6.10 Å². The van der Waals surface area contributed by atoms with Gasteiger partial charge in [0.2, 0.25) is 0 Å². The van der Waals surface area contributed by atoms with Gasteiger partial charge < -0.3 is 5.11 Å². The molecule has 0 fully saturated rings. The fourth-order valence-corrected chi connectivity index (χ4v) is 2.53. The van der Waals surface area contributed by atoms with Crippen LogP contribution in [0.1, 0.15) is 36.5 Å². The van der Waals surface area contributed by atoms with Gasteiger partial charge in [-0.15, -0.1) is 0 Å². The molecule has 0 saturated heterocycles. The molecule has 4 nitrogen and oxygen atoms in total. The third kappa shape index (κ3) is 3.75. The molecule has 0 unspecified atom stereocenters. The summed E-state index contributed by atoms with van der Waals surface area (Å²) in [5.74, 6) is 0. The summed E-state index contributed by atoms with van der Waals surface area (Å²) in [7, 11) is 0. The molecular weight excluding hydrogens is 258 g/mol. The number of aliphatic hydroxyl groups is 1. The minimum Gasteiger partial charge on any atom is -0.387 e. The molecular formula is C14H17N3OS. The normalized spacial score (nSPS) is 12.4. The van der Waals surface area contributed by atoms with Crippen molar-refractivity contribution in [3.63, 3.8) is 0 Å². The molecule has 0 saturated carbocycles. The van der Waals surface area contributed by atoms with Crippen molar-refractivity contribution >= 4 is 11.8 Å². The summed E-state index contributed by atoms with van der Waals surface area (Å²) in [6.45, 7) is 5.84. The number of hydrogen-bond acceptors (Lipinski definition) is 5. The Balaban J connectivity index is 2.15. The van der Waals surface area contributed by atoms with Crippen LogP contribution < -0.4 is 0 Å². The van der Waals surface area contributed by atoms with E-state index in [1.165, 1.54) is 11.8 Å². The SMILES string of the molecule is CC[C@H](O)c1ccc(Sc2nc(C)cc(C)n2)cn1. The van der Waals surface area contributed by atoms with E-state index in [9.17, 15) is 5.11 Å². The van der Waals surface area contributed by atoms with Crippen LogP contribution in [0.4, 0.5) is 0 Å².